The van der Waals surface area contributed by atoms with Gasteiger partial charge in [-0.3, -0.25) is 0 Å². The first-order valence-corrected chi connectivity index (χ1v) is 5.16. The standard InChI is InChI=1S/C8H14IN/c1-6-4-7-2-3-8(7)5-10(6)9/h6-8H,2-5H2,1H3/t6?,7-,8+/m1/s1. The van der Waals surface area contributed by atoms with E-state index in [2.05, 4.69) is 32.9 Å². The SMILES string of the molecule is CC1C[C@H]2CC[C@H]2CN1I. The fourth-order valence-electron chi connectivity index (χ4n) is 2.15. The van der Waals surface area contributed by atoms with Crippen molar-refractivity contribution in [3.05, 3.63) is 0 Å². The predicted octanol–water partition coefficient (Wildman–Crippen LogP) is 2.46. The van der Waals surface area contributed by atoms with Gasteiger partial charge in [0.05, 0.1) is 0 Å². The van der Waals surface area contributed by atoms with Gasteiger partial charge in [-0.1, -0.05) is 0 Å². The van der Waals surface area contributed by atoms with Crippen molar-refractivity contribution in [2.75, 3.05) is 6.54 Å². The summed E-state index contributed by atoms with van der Waals surface area (Å²) < 4.78 is 2.48. The molecule has 0 spiro atoms. The predicted molar refractivity (Wildman–Crippen MR) is 51.0 cm³/mol. The highest BCUT2D eigenvalue weighted by Crippen LogP contribution is 2.43. The van der Waals surface area contributed by atoms with Crippen LogP contribution >= 0.6 is 22.9 Å². The van der Waals surface area contributed by atoms with Gasteiger partial charge >= 0.3 is 0 Å². The average Bonchev–Trinajstić information content (AvgIpc) is 1.89. The Kier molecular flexibility index (Phi) is 1.93. The summed E-state index contributed by atoms with van der Waals surface area (Å²) in [4.78, 5) is 0. The van der Waals surface area contributed by atoms with Gasteiger partial charge in [0.2, 0.25) is 0 Å². The molecule has 1 aliphatic heterocycles. The molecule has 1 nitrogen and oxygen atoms in total. The second-order valence-electron chi connectivity index (χ2n) is 3.76. The summed E-state index contributed by atoms with van der Waals surface area (Å²) in [6.45, 7) is 3.70. The van der Waals surface area contributed by atoms with Crippen molar-refractivity contribution < 1.29 is 0 Å². The minimum Gasteiger partial charge on any atom is -0.244 e. The van der Waals surface area contributed by atoms with E-state index in [4.69, 9.17) is 0 Å². The first kappa shape index (κ1) is 7.35. The number of halogens is 1. The van der Waals surface area contributed by atoms with Gasteiger partial charge in [-0.05, 0) is 38.0 Å². The minimum absolute atomic E-state index is 0.835. The van der Waals surface area contributed by atoms with Gasteiger partial charge in [-0.2, -0.15) is 0 Å². The zero-order valence-electron chi connectivity index (χ0n) is 6.39. The van der Waals surface area contributed by atoms with E-state index in [1.165, 1.54) is 25.8 Å². The van der Waals surface area contributed by atoms with Crippen molar-refractivity contribution in [3.8, 4) is 0 Å². The van der Waals surface area contributed by atoms with Gasteiger partial charge in [0, 0.05) is 35.5 Å². The lowest BCUT2D eigenvalue weighted by Crippen LogP contribution is -2.45. The van der Waals surface area contributed by atoms with E-state index < -0.39 is 0 Å². The molecule has 0 N–H and O–H groups in total. The van der Waals surface area contributed by atoms with Crippen molar-refractivity contribution in [2.24, 2.45) is 11.8 Å². The van der Waals surface area contributed by atoms with E-state index in [0.29, 0.717) is 0 Å². The topological polar surface area (TPSA) is 3.24 Å². The van der Waals surface area contributed by atoms with Gasteiger partial charge in [0.25, 0.3) is 0 Å². The van der Waals surface area contributed by atoms with Crippen LogP contribution in [0.2, 0.25) is 0 Å². The van der Waals surface area contributed by atoms with Crippen molar-refractivity contribution >= 4 is 22.9 Å². The molecular formula is C8H14IN. The molecule has 58 valence electrons. The molecule has 0 amide bonds. The van der Waals surface area contributed by atoms with E-state index in [9.17, 15) is 0 Å². The fourth-order valence-corrected chi connectivity index (χ4v) is 2.88. The maximum atomic E-state index is 2.48. The van der Waals surface area contributed by atoms with Gasteiger partial charge < -0.3 is 0 Å². The number of nitrogens with zero attached hydrogens (tertiary/aromatic N) is 1. The summed E-state index contributed by atoms with van der Waals surface area (Å²) in [5, 5.41) is 0. The van der Waals surface area contributed by atoms with Gasteiger partial charge in [0.1, 0.15) is 0 Å². The molecule has 1 unspecified atom stereocenters. The van der Waals surface area contributed by atoms with Crippen LogP contribution in [0.4, 0.5) is 0 Å². The molecule has 0 bridgehead atoms. The summed E-state index contributed by atoms with van der Waals surface area (Å²) in [7, 11) is 0. The summed E-state index contributed by atoms with van der Waals surface area (Å²) >= 11 is 2.48. The first-order chi connectivity index (χ1) is 4.77. The Balaban J connectivity index is 1.96. The highest BCUT2D eigenvalue weighted by atomic mass is 127. The molecule has 0 aromatic heterocycles. The Labute approximate surface area is 76.7 Å². The lowest BCUT2D eigenvalue weighted by Gasteiger charge is -2.46. The zero-order valence-corrected chi connectivity index (χ0v) is 8.54. The first-order valence-electron chi connectivity index (χ1n) is 4.20. The molecule has 1 aliphatic carbocycles. The minimum atomic E-state index is 0.835. The zero-order chi connectivity index (χ0) is 7.14. The molecule has 3 atom stereocenters. The second-order valence-corrected chi connectivity index (χ2v) is 5.00. The number of hydrogen-bond donors (Lipinski definition) is 0. The van der Waals surface area contributed by atoms with Crippen LogP contribution in [-0.4, -0.2) is 15.7 Å². The molecule has 2 aliphatic rings. The Morgan fingerprint density at radius 3 is 2.50 bits per heavy atom. The van der Waals surface area contributed by atoms with Crippen LogP contribution in [0.25, 0.3) is 0 Å². The summed E-state index contributed by atoms with van der Waals surface area (Å²) in [5.74, 6) is 2.16. The molecule has 2 heteroatoms. The summed E-state index contributed by atoms with van der Waals surface area (Å²) in [5.41, 5.74) is 0. The Morgan fingerprint density at radius 2 is 2.00 bits per heavy atom. The third-order valence-corrected chi connectivity index (χ3v) is 4.45. The molecule has 2 fully saturated rings. The van der Waals surface area contributed by atoms with Crippen LogP contribution in [0.5, 0.6) is 0 Å². The van der Waals surface area contributed by atoms with Gasteiger partial charge in [0.15, 0.2) is 0 Å². The van der Waals surface area contributed by atoms with Gasteiger partial charge in [-0.15, -0.1) is 0 Å². The monoisotopic (exact) mass is 251 g/mol. The lowest BCUT2D eigenvalue weighted by atomic mass is 9.68. The molecule has 1 saturated heterocycles. The Morgan fingerprint density at radius 1 is 1.30 bits per heavy atom. The molecule has 0 aromatic rings. The number of fused-ring (bicyclic) bond motifs is 1. The molecule has 1 saturated carbocycles. The summed E-state index contributed by atoms with van der Waals surface area (Å²) in [6.07, 6.45) is 4.46. The van der Waals surface area contributed by atoms with Gasteiger partial charge in [-0.25, -0.2) is 3.11 Å². The van der Waals surface area contributed by atoms with Crippen molar-refractivity contribution in [1.82, 2.24) is 3.11 Å². The Hall–Kier alpha value is 0.690. The van der Waals surface area contributed by atoms with E-state index in [1.54, 1.807) is 0 Å². The number of hydrogen-bond acceptors (Lipinski definition) is 1. The molecule has 0 radical (unpaired) electrons. The summed E-state index contributed by atoms with van der Waals surface area (Å²) in [6, 6.07) is 0.835. The van der Waals surface area contributed by atoms with Crippen LogP contribution in [0.15, 0.2) is 0 Å². The third kappa shape index (κ3) is 1.09. The van der Waals surface area contributed by atoms with E-state index in [-0.39, 0.29) is 0 Å². The Bertz CT molecular complexity index is 117. The van der Waals surface area contributed by atoms with Crippen LogP contribution in [0, 0.1) is 11.8 Å². The second kappa shape index (κ2) is 2.63. The van der Waals surface area contributed by atoms with E-state index in [1.807, 2.05) is 0 Å². The molecule has 2 rings (SSSR count). The van der Waals surface area contributed by atoms with Crippen molar-refractivity contribution in [2.45, 2.75) is 32.2 Å². The van der Waals surface area contributed by atoms with Crippen LogP contribution in [-0.2, 0) is 0 Å². The maximum Gasteiger partial charge on any atom is 0.0204 e. The number of rotatable bonds is 0. The number of piperidine rings is 1. The normalized spacial score (nSPS) is 48.0. The van der Waals surface area contributed by atoms with Crippen molar-refractivity contribution in [3.63, 3.8) is 0 Å². The van der Waals surface area contributed by atoms with E-state index in [0.717, 1.165) is 17.9 Å². The lowest BCUT2D eigenvalue weighted by molar-refractivity contribution is 0.0713. The van der Waals surface area contributed by atoms with Crippen LogP contribution < -0.4 is 0 Å². The highest BCUT2D eigenvalue weighted by molar-refractivity contribution is 14.1. The van der Waals surface area contributed by atoms with Crippen LogP contribution in [0.1, 0.15) is 26.2 Å². The molecule has 1 heterocycles. The largest absolute Gasteiger partial charge is 0.244 e. The maximum absolute atomic E-state index is 2.48. The average molecular weight is 251 g/mol. The van der Waals surface area contributed by atoms with Crippen LogP contribution in [0.3, 0.4) is 0 Å². The fraction of sp³-hybridized carbons (Fsp3) is 1.00. The molecular weight excluding hydrogens is 237 g/mol. The molecule has 0 aromatic carbocycles. The van der Waals surface area contributed by atoms with Crippen molar-refractivity contribution in [1.29, 1.82) is 0 Å². The van der Waals surface area contributed by atoms with E-state index >= 15 is 0 Å². The molecule has 10 heavy (non-hydrogen) atoms. The smallest absolute Gasteiger partial charge is 0.0204 e. The third-order valence-electron chi connectivity index (χ3n) is 3.11. The highest BCUT2D eigenvalue weighted by Gasteiger charge is 2.38. The quantitative estimate of drug-likeness (QED) is 0.472.